The highest BCUT2D eigenvalue weighted by molar-refractivity contribution is 5.88. The van der Waals surface area contributed by atoms with Gasteiger partial charge in [0.1, 0.15) is 0 Å². The van der Waals surface area contributed by atoms with Crippen LogP contribution in [0.3, 0.4) is 0 Å². The van der Waals surface area contributed by atoms with Gasteiger partial charge >= 0.3 is 12.2 Å². The van der Waals surface area contributed by atoms with Gasteiger partial charge in [0.25, 0.3) is 0 Å². The fourth-order valence-electron chi connectivity index (χ4n) is 0.857. The number of halogens is 3. The average Bonchev–Trinajstić information content (AvgIpc) is 2.17. The van der Waals surface area contributed by atoms with Gasteiger partial charge in [0.05, 0.1) is 17.4 Å². The first-order valence-electron chi connectivity index (χ1n) is 3.94. The first-order valence-corrected chi connectivity index (χ1v) is 3.94. The van der Waals surface area contributed by atoms with Crippen molar-refractivity contribution in [3.8, 4) is 0 Å². The number of aromatic nitrogens is 1. The zero-order valence-corrected chi connectivity index (χ0v) is 7.72. The van der Waals surface area contributed by atoms with Crippen LogP contribution in [0.2, 0.25) is 0 Å². The summed E-state index contributed by atoms with van der Waals surface area (Å²) in [6.45, 7) is 0. The largest absolute Gasteiger partial charge is 0.417 e. The van der Waals surface area contributed by atoms with Gasteiger partial charge < -0.3 is 10.6 Å². The molecule has 0 aliphatic heterocycles. The second-order valence-electron chi connectivity index (χ2n) is 2.66. The molecule has 0 bridgehead atoms. The van der Waals surface area contributed by atoms with Gasteiger partial charge in [-0.05, 0) is 6.07 Å². The number of hydrogen-bond acceptors (Lipinski definition) is 2. The Bertz CT molecular complexity index is 364. The van der Waals surface area contributed by atoms with Crippen molar-refractivity contribution in [1.29, 1.82) is 0 Å². The quantitative estimate of drug-likeness (QED) is 0.757. The predicted octanol–water partition coefficient (Wildman–Crippen LogP) is 1.85. The number of anilines is 1. The maximum absolute atomic E-state index is 12.2. The molecule has 0 aliphatic carbocycles. The van der Waals surface area contributed by atoms with Crippen molar-refractivity contribution in [2.75, 3.05) is 12.4 Å². The molecule has 0 unspecified atom stereocenters. The Kier molecular flexibility index (Phi) is 3.13. The van der Waals surface area contributed by atoms with Crippen LogP contribution in [-0.2, 0) is 6.18 Å². The molecule has 0 saturated carbocycles. The van der Waals surface area contributed by atoms with Gasteiger partial charge in [-0.3, -0.25) is 4.98 Å². The van der Waals surface area contributed by atoms with Crippen molar-refractivity contribution in [3.63, 3.8) is 0 Å². The molecule has 0 spiro atoms. The number of carbonyl (C=O) groups excluding carboxylic acids is 1. The topological polar surface area (TPSA) is 54.0 Å². The minimum Gasteiger partial charge on any atom is -0.341 e. The highest BCUT2D eigenvalue weighted by atomic mass is 19.4. The fourth-order valence-corrected chi connectivity index (χ4v) is 0.857. The first kappa shape index (κ1) is 11.3. The third-order valence-corrected chi connectivity index (χ3v) is 1.55. The Labute approximate surface area is 83.5 Å². The summed E-state index contributed by atoms with van der Waals surface area (Å²) in [5.74, 6) is 0. The third kappa shape index (κ3) is 3.12. The van der Waals surface area contributed by atoms with E-state index in [2.05, 4.69) is 15.6 Å². The SMILES string of the molecule is CNC(=O)Nc1cncc(C(F)(F)F)c1. The maximum atomic E-state index is 12.2. The number of nitrogens with zero attached hydrogens (tertiary/aromatic N) is 1. The van der Waals surface area contributed by atoms with Gasteiger partial charge in [-0.15, -0.1) is 0 Å². The predicted molar refractivity (Wildman–Crippen MR) is 47.3 cm³/mol. The highest BCUT2D eigenvalue weighted by Crippen LogP contribution is 2.29. The van der Waals surface area contributed by atoms with E-state index in [0.29, 0.717) is 6.20 Å². The molecule has 1 aromatic heterocycles. The molecule has 15 heavy (non-hydrogen) atoms. The van der Waals surface area contributed by atoms with E-state index < -0.39 is 17.8 Å². The van der Waals surface area contributed by atoms with Crippen LogP contribution < -0.4 is 10.6 Å². The van der Waals surface area contributed by atoms with Crippen molar-refractivity contribution in [1.82, 2.24) is 10.3 Å². The lowest BCUT2D eigenvalue weighted by atomic mass is 10.2. The summed E-state index contributed by atoms with van der Waals surface area (Å²) in [7, 11) is 1.36. The minimum atomic E-state index is -4.46. The van der Waals surface area contributed by atoms with E-state index >= 15 is 0 Å². The Balaban J connectivity index is 2.88. The van der Waals surface area contributed by atoms with Crippen molar-refractivity contribution >= 4 is 11.7 Å². The van der Waals surface area contributed by atoms with E-state index in [-0.39, 0.29) is 5.69 Å². The van der Waals surface area contributed by atoms with Gasteiger partial charge in [0.15, 0.2) is 0 Å². The summed E-state index contributed by atoms with van der Waals surface area (Å²) >= 11 is 0. The second-order valence-corrected chi connectivity index (χ2v) is 2.66. The molecule has 0 fully saturated rings. The highest BCUT2D eigenvalue weighted by Gasteiger charge is 2.31. The molecule has 2 amide bonds. The summed E-state index contributed by atoms with van der Waals surface area (Å²) in [4.78, 5) is 14.2. The first-order chi connectivity index (χ1) is 6.93. The van der Waals surface area contributed by atoms with Crippen molar-refractivity contribution in [2.45, 2.75) is 6.18 Å². The number of carbonyl (C=O) groups is 1. The van der Waals surface area contributed by atoms with E-state index in [4.69, 9.17) is 0 Å². The van der Waals surface area contributed by atoms with E-state index in [0.717, 1.165) is 12.3 Å². The molecule has 2 N–H and O–H groups in total. The summed E-state index contributed by atoms with van der Waals surface area (Å²) in [6, 6.07) is 0.207. The fraction of sp³-hybridized carbons (Fsp3) is 0.250. The number of amides is 2. The molecule has 7 heteroatoms. The van der Waals surface area contributed by atoms with Crippen molar-refractivity contribution < 1.29 is 18.0 Å². The average molecular weight is 219 g/mol. The van der Waals surface area contributed by atoms with Crippen LogP contribution in [0, 0.1) is 0 Å². The summed E-state index contributed by atoms with van der Waals surface area (Å²) < 4.78 is 36.7. The normalized spacial score (nSPS) is 10.9. The van der Waals surface area contributed by atoms with Crippen LogP contribution in [0.5, 0.6) is 0 Å². The molecule has 0 aromatic carbocycles. The number of alkyl halides is 3. The van der Waals surface area contributed by atoms with Crippen molar-refractivity contribution in [3.05, 3.63) is 24.0 Å². The van der Waals surface area contributed by atoms with E-state index in [1.54, 1.807) is 0 Å². The second kappa shape index (κ2) is 4.16. The molecule has 4 nitrogen and oxygen atoms in total. The maximum Gasteiger partial charge on any atom is 0.417 e. The number of nitrogens with one attached hydrogen (secondary N) is 2. The number of urea groups is 1. The Morgan fingerprint density at radius 3 is 2.60 bits per heavy atom. The molecule has 0 aliphatic rings. The van der Waals surface area contributed by atoms with Crippen LogP contribution >= 0.6 is 0 Å². The van der Waals surface area contributed by atoms with Gasteiger partial charge in [0, 0.05) is 13.2 Å². The van der Waals surface area contributed by atoms with E-state index in [1.807, 2.05) is 0 Å². The zero-order valence-electron chi connectivity index (χ0n) is 7.72. The molecular formula is C8H8F3N3O. The number of pyridine rings is 1. The van der Waals surface area contributed by atoms with Gasteiger partial charge in [-0.25, -0.2) is 4.79 Å². The monoisotopic (exact) mass is 219 g/mol. The summed E-state index contributed by atoms with van der Waals surface area (Å²) in [5, 5.41) is 4.40. The standard InChI is InChI=1S/C8H8F3N3O/c1-12-7(15)14-6-2-5(3-13-4-6)8(9,10)11/h2-4H,1H3,(H2,12,14,15). The summed E-state index contributed by atoms with van der Waals surface area (Å²) in [5.41, 5.74) is -0.916. The molecule has 0 saturated heterocycles. The Morgan fingerprint density at radius 1 is 1.40 bits per heavy atom. The van der Waals surface area contributed by atoms with Gasteiger partial charge in [-0.2, -0.15) is 13.2 Å². The van der Waals surface area contributed by atoms with Gasteiger partial charge in [-0.1, -0.05) is 0 Å². The third-order valence-electron chi connectivity index (χ3n) is 1.55. The lowest BCUT2D eigenvalue weighted by Crippen LogP contribution is -2.24. The molecule has 0 radical (unpaired) electrons. The minimum absolute atomic E-state index is 0.0100. The zero-order chi connectivity index (χ0) is 11.5. The number of hydrogen-bond donors (Lipinski definition) is 2. The van der Waals surface area contributed by atoms with Crippen LogP contribution in [0.4, 0.5) is 23.7 Å². The lowest BCUT2D eigenvalue weighted by Gasteiger charge is -2.08. The van der Waals surface area contributed by atoms with Gasteiger partial charge in [0.2, 0.25) is 0 Å². The Morgan fingerprint density at radius 2 is 2.07 bits per heavy atom. The molecule has 0 atom stereocenters. The van der Waals surface area contributed by atoms with Crippen LogP contribution in [0.15, 0.2) is 18.5 Å². The van der Waals surface area contributed by atoms with Crippen molar-refractivity contribution in [2.24, 2.45) is 0 Å². The lowest BCUT2D eigenvalue weighted by molar-refractivity contribution is -0.137. The van der Waals surface area contributed by atoms with Crippen LogP contribution in [-0.4, -0.2) is 18.1 Å². The molecule has 82 valence electrons. The van der Waals surface area contributed by atoms with Crippen LogP contribution in [0.1, 0.15) is 5.56 Å². The summed E-state index contributed by atoms with van der Waals surface area (Å²) in [6.07, 6.45) is -2.65. The smallest absolute Gasteiger partial charge is 0.341 e. The van der Waals surface area contributed by atoms with E-state index in [9.17, 15) is 18.0 Å². The Hall–Kier alpha value is -1.79. The molecule has 1 heterocycles. The molecule has 1 rings (SSSR count). The molecule has 1 aromatic rings. The number of rotatable bonds is 1. The molecular weight excluding hydrogens is 211 g/mol. The van der Waals surface area contributed by atoms with Crippen LogP contribution in [0.25, 0.3) is 0 Å². The van der Waals surface area contributed by atoms with E-state index in [1.165, 1.54) is 7.05 Å².